The summed E-state index contributed by atoms with van der Waals surface area (Å²) in [5.74, 6) is -2.47. The van der Waals surface area contributed by atoms with Crippen LogP contribution in [-0.4, -0.2) is 40.3 Å². The minimum atomic E-state index is -1.24. The van der Waals surface area contributed by atoms with Gasteiger partial charge in [0.2, 0.25) is 0 Å². The molecule has 1 rings (SSSR count). The highest BCUT2D eigenvalue weighted by atomic mass is 16.4. The van der Waals surface area contributed by atoms with E-state index in [2.05, 4.69) is 10.6 Å². The van der Waals surface area contributed by atoms with Crippen LogP contribution in [0.1, 0.15) is 6.42 Å². The van der Waals surface area contributed by atoms with Crippen LogP contribution in [0.2, 0.25) is 0 Å². The van der Waals surface area contributed by atoms with E-state index in [1.807, 2.05) is 0 Å². The highest BCUT2D eigenvalue weighted by Crippen LogP contribution is 2.04. The summed E-state index contributed by atoms with van der Waals surface area (Å²) in [5, 5.41) is 21.2. The number of amides is 2. The second-order valence-corrected chi connectivity index (χ2v) is 2.64. The van der Waals surface area contributed by atoms with Gasteiger partial charge in [-0.3, -0.25) is 0 Å². The fraction of sp³-hybridized carbons (Fsp3) is 0.500. The molecule has 0 saturated carbocycles. The van der Waals surface area contributed by atoms with Gasteiger partial charge in [-0.05, 0) is 0 Å². The third kappa shape index (κ3) is 2.08. The van der Waals surface area contributed by atoms with E-state index in [-0.39, 0.29) is 6.42 Å². The van der Waals surface area contributed by atoms with Crippen molar-refractivity contribution in [1.29, 1.82) is 0 Å². The number of hydrogen-bond donors (Lipinski definition) is 4. The first kappa shape index (κ1) is 9.30. The van der Waals surface area contributed by atoms with Gasteiger partial charge in [-0.1, -0.05) is 0 Å². The Hall–Kier alpha value is -1.79. The van der Waals surface area contributed by atoms with Crippen molar-refractivity contribution in [2.75, 3.05) is 0 Å². The van der Waals surface area contributed by atoms with E-state index < -0.39 is 30.1 Å². The second kappa shape index (κ2) is 3.30. The van der Waals surface area contributed by atoms with Crippen LogP contribution in [0.5, 0.6) is 0 Å². The SMILES string of the molecule is O=C1NC(C(=O)O)CC(C(=O)O)N1. The Labute approximate surface area is 72.7 Å². The van der Waals surface area contributed by atoms with Crippen LogP contribution in [0.4, 0.5) is 4.79 Å². The molecular formula is C6H8N2O5. The zero-order chi connectivity index (χ0) is 10.0. The number of hydrogen-bond acceptors (Lipinski definition) is 3. The molecule has 7 heteroatoms. The quantitative estimate of drug-likeness (QED) is 0.425. The van der Waals surface area contributed by atoms with E-state index in [1.165, 1.54) is 0 Å². The largest absolute Gasteiger partial charge is 0.480 e. The summed E-state index contributed by atoms with van der Waals surface area (Å²) in [7, 11) is 0. The molecule has 0 aliphatic carbocycles. The lowest BCUT2D eigenvalue weighted by Crippen LogP contribution is -2.59. The van der Waals surface area contributed by atoms with E-state index in [9.17, 15) is 14.4 Å². The smallest absolute Gasteiger partial charge is 0.326 e. The number of nitrogens with one attached hydrogen (secondary N) is 2. The molecule has 72 valence electrons. The summed E-state index contributed by atoms with van der Waals surface area (Å²) < 4.78 is 0. The van der Waals surface area contributed by atoms with Crippen molar-refractivity contribution >= 4 is 18.0 Å². The molecule has 2 atom stereocenters. The molecule has 1 saturated heterocycles. The maximum absolute atomic E-state index is 10.7. The lowest BCUT2D eigenvalue weighted by Gasteiger charge is -2.25. The van der Waals surface area contributed by atoms with E-state index >= 15 is 0 Å². The summed E-state index contributed by atoms with van der Waals surface area (Å²) in [6.45, 7) is 0. The molecule has 0 spiro atoms. The van der Waals surface area contributed by atoms with Crippen LogP contribution >= 0.6 is 0 Å². The Morgan fingerprint density at radius 3 is 1.85 bits per heavy atom. The van der Waals surface area contributed by atoms with Gasteiger partial charge in [-0.15, -0.1) is 0 Å². The Bertz CT molecular complexity index is 240. The predicted molar refractivity (Wildman–Crippen MR) is 39.1 cm³/mol. The third-order valence-electron chi connectivity index (χ3n) is 1.68. The van der Waals surface area contributed by atoms with Gasteiger partial charge in [0.25, 0.3) is 0 Å². The van der Waals surface area contributed by atoms with Crippen LogP contribution in [-0.2, 0) is 9.59 Å². The molecule has 1 aliphatic rings. The summed E-state index contributed by atoms with van der Waals surface area (Å²) in [4.78, 5) is 31.6. The van der Waals surface area contributed by atoms with Gasteiger partial charge in [0, 0.05) is 6.42 Å². The number of carboxylic acid groups (broad SMARTS) is 2. The van der Waals surface area contributed by atoms with E-state index in [0.29, 0.717) is 0 Å². The molecule has 13 heavy (non-hydrogen) atoms. The van der Waals surface area contributed by atoms with Crippen LogP contribution in [0, 0.1) is 0 Å². The average Bonchev–Trinajstić information content (AvgIpc) is 2.03. The third-order valence-corrected chi connectivity index (χ3v) is 1.68. The molecule has 0 aromatic rings. The van der Waals surface area contributed by atoms with E-state index in [1.54, 1.807) is 0 Å². The van der Waals surface area contributed by atoms with Gasteiger partial charge in [-0.2, -0.15) is 0 Å². The molecular weight excluding hydrogens is 180 g/mol. The Morgan fingerprint density at radius 1 is 1.15 bits per heavy atom. The molecule has 7 nitrogen and oxygen atoms in total. The molecule has 4 N–H and O–H groups in total. The molecule has 0 bridgehead atoms. The Balaban J connectivity index is 2.68. The van der Waals surface area contributed by atoms with Gasteiger partial charge in [0.05, 0.1) is 0 Å². The monoisotopic (exact) mass is 188 g/mol. The maximum Gasteiger partial charge on any atom is 0.326 e. The normalized spacial score (nSPS) is 27.2. The fourth-order valence-corrected chi connectivity index (χ4v) is 1.04. The molecule has 0 radical (unpaired) electrons. The van der Waals surface area contributed by atoms with Crippen LogP contribution in [0.3, 0.4) is 0 Å². The zero-order valence-electron chi connectivity index (χ0n) is 6.48. The topological polar surface area (TPSA) is 116 Å². The summed E-state index contributed by atoms with van der Waals surface area (Å²) in [6, 6.07) is -3.03. The minimum Gasteiger partial charge on any atom is -0.480 e. The lowest BCUT2D eigenvalue weighted by molar-refractivity contribution is -0.142. The van der Waals surface area contributed by atoms with Crippen molar-refractivity contribution in [2.45, 2.75) is 18.5 Å². The molecule has 2 amide bonds. The van der Waals surface area contributed by atoms with Crippen molar-refractivity contribution < 1.29 is 24.6 Å². The molecule has 1 aliphatic heterocycles. The van der Waals surface area contributed by atoms with Gasteiger partial charge in [-0.25, -0.2) is 14.4 Å². The van der Waals surface area contributed by atoms with Crippen LogP contribution < -0.4 is 10.6 Å². The standard InChI is InChI=1S/C6H8N2O5/c9-4(10)2-1-3(5(11)12)8-6(13)7-2/h2-3H,1H2,(H,9,10)(H,11,12)(H2,7,8,13). The molecule has 1 fully saturated rings. The molecule has 1 heterocycles. The predicted octanol–water partition coefficient (Wildman–Crippen LogP) is -1.40. The summed E-state index contributed by atoms with van der Waals surface area (Å²) in [6.07, 6.45) is -0.156. The van der Waals surface area contributed by atoms with Crippen molar-refractivity contribution in [2.24, 2.45) is 0 Å². The molecule has 0 aromatic carbocycles. The van der Waals surface area contributed by atoms with E-state index in [0.717, 1.165) is 0 Å². The first-order valence-electron chi connectivity index (χ1n) is 3.53. The van der Waals surface area contributed by atoms with Crippen molar-refractivity contribution in [3.63, 3.8) is 0 Å². The van der Waals surface area contributed by atoms with Crippen LogP contribution in [0.15, 0.2) is 0 Å². The van der Waals surface area contributed by atoms with Crippen molar-refractivity contribution in [3.8, 4) is 0 Å². The zero-order valence-corrected chi connectivity index (χ0v) is 6.48. The van der Waals surface area contributed by atoms with Gasteiger partial charge < -0.3 is 20.8 Å². The number of carbonyl (C=O) groups excluding carboxylic acids is 1. The summed E-state index contributed by atoms with van der Waals surface area (Å²) in [5.41, 5.74) is 0. The fourth-order valence-electron chi connectivity index (χ4n) is 1.04. The molecule has 2 unspecified atom stereocenters. The number of carbonyl (C=O) groups is 3. The number of aliphatic carboxylic acids is 2. The average molecular weight is 188 g/mol. The maximum atomic E-state index is 10.7. The van der Waals surface area contributed by atoms with Crippen molar-refractivity contribution in [1.82, 2.24) is 10.6 Å². The van der Waals surface area contributed by atoms with E-state index in [4.69, 9.17) is 10.2 Å². The number of urea groups is 1. The first-order valence-corrected chi connectivity index (χ1v) is 3.53. The number of carboxylic acids is 2. The summed E-state index contributed by atoms with van der Waals surface area (Å²) >= 11 is 0. The highest BCUT2D eigenvalue weighted by molar-refractivity contribution is 5.89. The highest BCUT2D eigenvalue weighted by Gasteiger charge is 2.33. The lowest BCUT2D eigenvalue weighted by atomic mass is 10.1. The Morgan fingerprint density at radius 2 is 1.54 bits per heavy atom. The minimum absolute atomic E-state index is 0.156. The second-order valence-electron chi connectivity index (χ2n) is 2.64. The van der Waals surface area contributed by atoms with Crippen LogP contribution in [0.25, 0.3) is 0 Å². The Kier molecular flexibility index (Phi) is 2.36. The number of rotatable bonds is 2. The van der Waals surface area contributed by atoms with Gasteiger partial charge >= 0.3 is 18.0 Å². The molecule has 0 aromatic heterocycles. The van der Waals surface area contributed by atoms with Gasteiger partial charge in [0.15, 0.2) is 0 Å². The first-order chi connectivity index (χ1) is 6.00. The van der Waals surface area contributed by atoms with Gasteiger partial charge in [0.1, 0.15) is 12.1 Å². The van der Waals surface area contributed by atoms with Crippen molar-refractivity contribution in [3.05, 3.63) is 0 Å².